The first-order valence-electron chi connectivity index (χ1n) is 7.64. The van der Waals surface area contributed by atoms with E-state index >= 15 is 0 Å². The maximum absolute atomic E-state index is 5.68. The molecular formula is C16H21N3O2S. The summed E-state index contributed by atoms with van der Waals surface area (Å²) < 4.78 is 13.3. The van der Waals surface area contributed by atoms with E-state index in [1.54, 1.807) is 18.9 Å². The smallest absolute Gasteiger partial charge is 0.191 e. The van der Waals surface area contributed by atoms with Crippen molar-refractivity contribution in [3.8, 4) is 17.1 Å². The maximum Gasteiger partial charge on any atom is 0.191 e. The van der Waals surface area contributed by atoms with E-state index in [1.807, 2.05) is 24.3 Å². The van der Waals surface area contributed by atoms with Crippen molar-refractivity contribution in [2.45, 2.75) is 37.6 Å². The first kappa shape index (κ1) is 15.4. The van der Waals surface area contributed by atoms with Crippen molar-refractivity contribution in [1.82, 2.24) is 14.8 Å². The Morgan fingerprint density at radius 2 is 2.23 bits per heavy atom. The van der Waals surface area contributed by atoms with Crippen molar-refractivity contribution in [3.63, 3.8) is 0 Å². The van der Waals surface area contributed by atoms with Crippen LogP contribution in [-0.2, 0) is 11.3 Å². The molecule has 118 valence electrons. The standard InChI is InChI=1S/C16H21N3O2S/c1-3-19-15(13-8-4-5-9-14(13)20-2)17-18-16(19)22-11-12-7-6-10-21-12/h4-5,8-9,12H,3,6-7,10-11H2,1-2H3. The molecule has 0 bridgehead atoms. The van der Waals surface area contributed by atoms with Gasteiger partial charge in [0.15, 0.2) is 11.0 Å². The van der Waals surface area contributed by atoms with Crippen LogP contribution in [0.3, 0.4) is 0 Å². The van der Waals surface area contributed by atoms with E-state index in [-0.39, 0.29) is 0 Å². The summed E-state index contributed by atoms with van der Waals surface area (Å²) in [6.07, 6.45) is 2.66. The zero-order valence-corrected chi connectivity index (χ0v) is 13.8. The first-order chi connectivity index (χ1) is 10.8. The lowest BCUT2D eigenvalue weighted by Gasteiger charge is -2.11. The monoisotopic (exact) mass is 319 g/mol. The molecular weight excluding hydrogens is 298 g/mol. The summed E-state index contributed by atoms with van der Waals surface area (Å²) in [5, 5.41) is 9.69. The third kappa shape index (κ3) is 3.13. The Bertz CT molecular complexity index is 624. The molecule has 0 N–H and O–H groups in total. The third-order valence-electron chi connectivity index (χ3n) is 3.80. The number of ether oxygens (including phenoxy) is 2. The molecule has 0 spiro atoms. The summed E-state index contributed by atoms with van der Waals surface area (Å²) in [7, 11) is 1.68. The zero-order valence-electron chi connectivity index (χ0n) is 13.0. The van der Waals surface area contributed by atoms with E-state index in [0.29, 0.717) is 6.10 Å². The lowest BCUT2D eigenvalue weighted by atomic mass is 10.2. The number of nitrogens with zero attached hydrogens (tertiary/aromatic N) is 3. The van der Waals surface area contributed by atoms with Gasteiger partial charge in [-0.15, -0.1) is 10.2 Å². The van der Waals surface area contributed by atoms with Crippen LogP contribution in [0.25, 0.3) is 11.4 Å². The molecule has 1 aliphatic rings. The molecule has 22 heavy (non-hydrogen) atoms. The Morgan fingerprint density at radius 1 is 1.36 bits per heavy atom. The zero-order chi connectivity index (χ0) is 15.4. The fourth-order valence-corrected chi connectivity index (χ4v) is 3.72. The first-order valence-corrected chi connectivity index (χ1v) is 8.63. The summed E-state index contributed by atoms with van der Waals surface area (Å²) >= 11 is 1.72. The number of para-hydroxylation sites is 1. The molecule has 0 saturated carbocycles. The molecule has 0 amide bonds. The average molecular weight is 319 g/mol. The molecule has 3 rings (SSSR count). The highest BCUT2D eigenvalue weighted by atomic mass is 32.2. The minimum atomic E-state index is 0.349. The van der Waals surface area contributed by atoms with E-state index in [2.05, 4.69) is 21.7 Å². The van der Waals surface area contributed by atoms with Crippen LogP contribution in [-0.4, -0.2) is 40.3 Å². The Kier molecular flexibility index (Phi) is 5.00. The Morgan fingerprint density at radius 3 is 2.95 bits per heavy atom. The van der Waals surface area contributed by atoms with Crippen LogP contribution < -0.4 is 4.74 Å². The van der Waals surface area contributed by atoms with Gasteiger partial charge in [-0.2, -0.15) is 0 Å². The van der Waals surface area contributed by atoms with Crippen LogP contribution in [0, 0.1) is 0 Å². The predicted molar refractivity (Wildman–Crippen MR) is 87.4 cm³/mol. The number of hydrogen-bond acceptors (Lipinski definition) is 5. The topological polar surface area (TPSA) is 49.2 Å². The van der Waals surface area contributed by atoms with Crippen LogP contribution in [0.4, 0.5) is 0 Å². The number of thioether (sulfide) groups is 1. The molecule has 1 atom stereocenters. The van der Waals surface area contributed by atoms with Crippen molar-refractivity contribution in [2.24, 2.45) is 0 Å². The van der Waals surface area contributed by atoms with E-state index in [4.69, 9.17) is 9.47 Å². The van der Waals surface area contributed by atoms with Gasteiger partial charge in [0, 0.05) is 18.9 Å². The van der Waals surface area contributed by atoms with Gasteiger partial charge in [-0.25, -0.2) is 0 Å². The largest absolute Gasteiger partial charge is 0.496 e. The summed E-state index contributed by atoms with van der Waals surface area (Å²) in [4.78, 5) is 0. The summed E-state index contributed by atoms with van der Waals surface area (Å²) in [5.74, 6) is 2.61. The molecule has 0 radical (unpaired) electrons. The van der Waals surface area contributed by atoms with Gasteiger partial charge in [-0.3, -0.25) is 0 Å². The molecule has 1 aromatic heterocycles. The third-order valence-corrected chi connectivity index (χ3v) is 4.90. The van der Waals surface area contributed by atoms with Crippen LogP contribution in [0.1, 0.15) is 19.8 Å². The minimum Gasteiger partial charge on any atom is -0.496 e. The number of rotatable bonds is 6. The lowest BCUT2D eigenvalue weighted by molar-refractivity contribution is 0.129. The van der Waals surface area contributed by atoms with Crippen LogP contribution in [0.5, 0.6) is 5.75 Å². The molecule has 1 aromatic carbocycles. The number of methoxy groups -OCH3 is 1. The Hall–Kier alpha value is -1.53. The number of aromatic nitrogens is 3. The second kappa shape index (κ2) is 7.15. The molecule has 6 heteroatoms. The Balaban J connectivity index is 1.83. The van der Waals surface area contributed by atoms with Crippen molar-refractivity contribution < 1.29 is 9.47 Å². The van der Waals surface area contributed by atoms with Gasteiger partial charge in [0.2, 0.25) is 0 Å². The molecule has 2 heterocycles. The highest BCUT2D eigenvalue weighted by Crippen LogP contribution is 2.31. The van der Waals surface area contributed by atoms with E-state index in [1.165, 1.54) is 0 Å². The van der Waals surface area contributed by atoms with Gasteiger partial charge in [-0.1, -0.05) is 23.9 Å². The molecule has 1 aliphatic heterocycles. The van der Waals surface area contributed by atoms with Gasteiger partial charge in [0.1, 0.15) is 5.75 Å². The minimum absolute atomic E-state index is 0.349. The fraction of sp³-hybridized carbons (Fsp3) is 0.500. The lowest BCUT2D eigenvalue weighted by Crippen LogP contribution is -2.09. The SMILES string of the molecule is CCn1c(SCC2CCCO2)nnc1-c1ccccc1OC. The molecule has 0 aliphatic carbocycles. The maximum atomic E-state index is 5.68. The van der Waals surface area contributed by atoms with Gasteiger partial charge < -0.3 is 14.0 Å². The second-order valence-electron chi connectivity index (χ2n) is 5.20. The number of hydrogen-bond donors (Lipinski definition) is 0. The molecule has 1 fully saturated rings. The second-order valence-corrected chi connectivity index (χ2v) is 6.18. The average Bonchev–Trinajstić information content (AvgIpc) is 3.21. The van der Waals surface area contributed by atoms with Gasteiger partial charge >= 0.3 is 0 Å². The van der Waals surface area contributed by atoms with E-state index in [9.17, 15) is 0 Å². The molecule has 1 saturated heterocycles. The predicted octanol–water partition coefficient (Wildman–Crippen LogP) is 3.24. The van der Waals surface area contributed by atoms with Gasteiger partial charge in [0.05, 0.1) is 18.8 Å². The van der Waals surface area contributed by atoms with Crippen molar-refractivity contribution >= 4 is 11.8 Å². The Labute approximate surface area is 135 Å². The summed E-state index contributed by atoms with van der Waals surface area (Å²) in [6.45, 7) is 3.82. The summed E-state index contributed by atoms with van der Waals surface area (Å²) in [6, 6.07) is 7.92. The van der Waals surface area contributed by atoms with E-state index in [0.717, 1.165) is 54.0 Å². The van der Waals surface area contributed by atoms with Crippen molar-refractivity contribution in [2.75, 3.05) is 19.5 Å². The van der Waals surface area contributed by atoms with E-state index < -0.39 is 0 Å². The van der Waals surface area contributed by atoms with Crippen LogP contribution in [0.15, 0.2) is 29.4 Å². The van der Waals surface area contributed by atoms with Crippen molar-refractivity contribution in [1.29, 1.82) is 0 Å². The normalized spacial score (nSPS) is 17.8. The van der Waals surface area contributed by atoms with Crippen LogP contribution in [0.2, 0.25) is 0 Å². The molecule has 2 aromatic rings. The highest BCUT2D eigenvalue weighted by Gasteiger charge is 2.20. The molecule has 5 nitrogen and oxygen atoms in total. The summed E-state index contributed by atoms with van der Waals surface area (Å²) in [5.41, 5.74) is 0.975. The number of benzene rings is 1. The van der Waals surface area contributed by atoms with Gasteiger partial charge in [0.25, 0.3) is 0 Å². The fourth-order valence-electron chi connectivity index (χ4n) is 2.65. The highest BCUT2D eigenvalue weighted by molar-refractivity contribution is 7.99. The van der Waals surface area contributed by atoms with Gasteiger partial charge in [-0.05, 0) is 31.9 Å². The quantitative estimate of drug-likeness (QED) is 0.765. The van der Waals surface area contributed by atoms with Crippen LogP contribution >= 0.6 is 11.8 Å². The van der Waals surface area contributed by atoms with Crippen molar-refractivity contribution in [3.05, 3.63) is 24.3 Å². The molecule has 1 unspecified atom stereocenters.